The Hall–Kier alpha value is -1.33. The molecule has 17 heavy (non-hydrogen) atoms. The molecule has 2 rings (SSSR count). The van der Waals surface area contributed by atoms with Crippen LogP contribution in [0.1, 0.15) is 23.2 Å². The Morgan fingerprint density at radius 2 is 2.41 bits per heavy atom. The molecule has 1 fully saturated rings. The molecule has 1 atom stereocenters. The fraction of sp³-hybridized carbons (Fsp3) is 0.455. The normalized spacial score (nSPS) is 19.6. The summed E-state index contributed by atoms with van der Waals surface area (Å²) in [7, 11) is 0. The average molecular weight is 257 g/mol. The summed E-state index contributed by atoms with van der Waals surface area (Å²) in [6.07, 6.45) is 3.20. The first-order valence-corrected chi connectivity index (χ1v) is 5.77. The van der Waals surface area contributed by atoms with Gasteiger partial charge in [0.15, 0.2) is 0 Å². The van der Waals surface area contributed by atoms with Crippen LogP contribution in [0.2, 0.25) is 5.02 Å². The zero-order valence-electron chi connectivity index (χ0n) is 9.14. The Kier molecular flexibility index (Phi) is 3.49. The van der Waals surface area contributed by atoms with Gasteiger partial charge in [0, 0.05) is 12.7 Å². The lowest BCUT2D eigenvalue weighted by Crippen LogP contribution is -2.32. The van der Waals surface area contributed by atoms with Gasteiger partial charge in [-0.05, 0) is 18.9 Å². The number of hydrogen-bond donors (Lipinski definition) is 2. The predicted octanol–water partition coefficient (Wildman–Crippen LogP) is 1.39. The maximum Gasteiger partial charge on any atom is 0.337 e. The molecule has 1 saturated heterocycles. The van der Waals surface area contributed by atoms with Crippen molar-refractivity contribution in [3.63, 3.8) is 0 Å². The summed E-state index contributed by atoms with van der Waals surface area (Å²) in [5, 5.41) is 18.3. The minimum Gasteiger partial charge on any atom is -0.478 e. The molecule has 2 heterocycles. The Morgan fingerprint density at radius 1 is 1.65 bits per heavy atom. The van der Waals surface area contributed by atoms with E-state index in [1.165, 1.54) is 12.3 Å². The molecule has 0 aromatic carbocycles. The maximum atomic E-state index is 11.0. The Bertz CT molecular complexity index is 439. The summed E-state index contributed by atoms with van der Waals surface area (Å²) < 4.78 is 0. The number of rotatable bonds is 3. The van der Waals surface area contributed by atoms with Crippen LogP contribution in [0, 0.1) is 0 Å². The second-order valence-corrected chi connectivity index (χ2v) is 4.41. The fourth-order valence-corrected chi connectivity index (χ4v) is 2.26. The third-order valence-corrected chi connectivity index (χ3v) is 3.25. The molecule has 0 bridgehead atoms. The van der Waals surface area contributed by atoms with E-state index in [0.29, 0.717) is 5.82 Å². The second kappa shape index (κ2) is 4.89. The maximum absolute atomic E-state index is 11.0. The van der Waals surface area contributed by atoms with Gasteiger partial charge in [0.05, 0.1) is 23.2 Å². The molecule has 92 valence electrons. The van der Waals surface area contributed by atoms with Crippen LogP contribution in [0.4, 0.5) is 5.82 Å². The highest BCUT2D eigenvalue weighted by Gasteiger charge is 2.25. The molecular weight excluding hydrogens is 244 g/mol. The lowest BCUT2D eigenvalue weighted by molar-refractivity contribution is 0.0697. The SMILES string of the molecule is O=C(O)c1cc(N2CCCC2CO)ncc1Cl. The molecule has 0 saturated carbocycles. The standard InChI is InChI=1S/C11H13ClN2O3/c12-9-5-13-10(4-8(9)11(16)17)14-3-1-2-7(14)6-15/h4-5,7,15H,1-3,6H2,(H,16,17). The summed E-state index contributed by atoms with van der Waals surface area (Å²) >= 11 is 5.76. The number of carboxylic acids is 1. The number of nitrogens with zero attached hydrogens (tertiary/aromatic N) is 2. The first-order valence-electron chi connectivity index (χ1n) is 5.40. The van der Waals surface area contributed by atoms with Gasteiger partial charge in [-0.2, -0.15) is 0 Å². The molecule has 0 spiro atoms. The van der Waals surface area contributed by atoms with Crippen molar-refractivity contribution < 1.29 is 15.0 Å². The van der Waals surface area contributed by atoms with Crippen molar-refractivity contribution in [3.8, 4) is 0 Å². The summed E-state index contributed by atoms with van der Waals surface area (Å²) in [6, 6.07) is 1.48. The topological polar surface area (TPSA) is 73.7 Å². The van der Waals surface area contributed by atoms with Crippen molar-refractivity contribution in [1.29, 1.82) is 0 Å². The van der Waals surface area contributed by atoms with Gasteiger partial charge >= 0.3 is 5.97 Å². The monoisotopic (exact) mass is 256 g/mol. The highest BCUT2D eigenvalue weighted by molar-refractivity contribution is 6.33. The number of aliphatic hydroxyl groups excluding tert-OH is 1. The molecule has 5 nitrogen and oxygen atoms in total. The molecule has 2 N–H and O–H groups in total. The van der Waals surface area contributed by atoms with Crippen molar-refractivity contribution in [3.05, 3.63) is 22.8 Å². The number of hydrogen-bond acceptors (Lipinski definition) is 4. The number of anilines is 1. The number of aliphatic hydroxyl groups is 1. The quantitative estimate of drug-likeness (QED) is 0.855. The second-order valence-electron chi connectivity index (χ2n) is 4.00. The molecule has 0 radical (unpaired) electrons. The van der Waals surface area contributed by atoms with E-state index in [2.05, 4.69) is 4.98 Å². The number of carbonyl (C=O) groups is 1. The van der Waals surface area contributed by atoms with Crippen LogP contribution in [0.25, 0.3) is 0 Å². The summed E-state index contributed by atoms with van der Waals surface area (Å²) in [6.45, 7) is 0.825. The number of halogens is 1. The fourth-order valence-electron chi connectivity index (χ4n) is 2.08. The van der Waals surface area contributed by atoms with E-state index in [1.807, 2.05) is 4.90 Å². The summed E-state index contributed by atoms with van der Waals surface area (Å²) in [4.78, 5) is 17.0. The van der Waals surface area contributed by atoms with Crippen LogP contribution in [0.3, 0.4) is 0 Å². The molecule has 1 aliphatic rings. The lowest BCUT2D eigenvalue weighted by atomic mass is 10.2. The molecule has 1 aromatic heterocycles. The largest absolute Gasteiger partial charge is 0.478 e. The third kappa shape index (κ3) is 2.35. The molecule has 6 heteroatoms. The number of pyridine rings is 1. The van der Waals surface area contributed by atoms with Crippen molar-refractivity contribution in [2.75, 3.05) is 18.1 Å². The van der Waals surface area contributed by atoms with Crippen LogP contribution in [0.5, 0.6) is 0 Å². The van der Waals surface area contributed by atoms with Gasteiger partial charge < -0.3 is 15.1 Å². The van der Waals surface area contributed by atoms with Gasteiger partial charge in [0.25, 0.3) is 0 Å². The van der Waals surface area contributed by atoms with Crippen LogP contribution in [0.15, 0.2) is 12.3 Å². The number of carboxylic acid groups (broad SMARTS) is 1. The third-order valence-electron chi connectivity index (χ3n) is 2.95. The Balaban J connectivity index is 2.33. The van der Waals surface area contributed by atoms with Crippen molar-refractivity contribution >= 4 is 23.4 Å². The van der Waals surface area contributed by atoms with Gasteiger partial charge in [-0.1, -0.05) is 11.6 Å². The number of aromatic nitrogens is 1. The molecule has 1 unspecified atom stereocenters. The van der Waals surface area contributed by atoms with Crippen LogP contribution in [-0.2, 0) is 0 Å². The van der Waals surface area contributed by atoms with E-state index < -0.39 is 5.97 Å². The number of aromatic carboxylic acids is 1. The predicted molar refractivity (Wildman–Crippen MR) is 63.7 cm³/mol. The highest BCUT2D eigenvalue weighted by Crippen LogP contribution is 2.26. The van der Waals surface area contributed by atoms with Crippen molar-refractivity contribution in [2.45, 2.75) is 18.9 Å². The van der Waals surface area contributed by atoms with Crippen LogP contribution >= 0.6 is 11.6 Å². The zero-order chi connectivity index (χ0) is 12.4. The molecule has 0 aliphatic carbocycles. The molecule has 1 aliphatic heterocycles. The summed E-state index contributed by atoms with van der Waals surface area (Å²) in [5.74, 6) is -0.512. The first-order chi connectivity index (χ1) is 8.13. The Morgan fingerprint density at radius 3 is 3.06 bits per heavy atom. The van der Waals surface area contributed by atoms with Gasteiger partial charge in [0.1, 0.15) is 5.82 Å². The van der Waals surface area contributed by atoms with E-state index in [0.717, 1.165) is 19.4 Å². The summed E-state index contributed by atoms with van der Waals surface area (Å²) in [5.41, 5.74) is 0.0419. The van der Waals surface area contributed by atoms with Gasteiger partial charge in [0.2, 0.25) is 0 Å². The van der Waals surface area contributed by atoms with Gasteiger partial charge in [-0.25, -0.2) is 9.78 Å². The van der Waals surface area contributed by atoms with E-state index >= 15 is 0 Å². The minimum atomic E-state index is -1.07. The van der Waals surface area contributed by atoms with Crippen molar-refractivity contribution in [1.82, 2.24) is 4.98 Å². The van der Waals surface area contributed by atoms with Crippen LogP contribution in [-0.4, -0.2) is 40.4 Å². The molecule has 0 amide bonds. The van der Waals surface area contributed by atoms with Crippen molar-refractivity contribution in [2.24, 2.45) is 0 Å². The van der Waals surface area contributed by atoms with E-state index in [4.69, 9.17) is 16.7 Å². The zero-order valence-corrected chi connectivity index (χ0v) is 9.89. The first kappa shape index (κ1) is 12.1. The molecule has 1 aromatic rings. The smallest absolute Gasteiger partial charge is 0.337 e. The average Bonchev–Trinajstić information content (AvgIpc) is 2.77. The minimum absolute atomic E-state index is 0.0188. The van der Waals surface area contributed by atoms with E-state index in [1.54, 1.807) is 0 Å². The van der Waals surface area contributed by atoms with E-state index in [9.17, 15) is 9.90 Å². The van der Waals surface area contributed by atoms with E-state index in [-0.39, 0.29) is 23.2 Å². The van der Waals surface area contributed by atoms with Gasteiger partial charge in [-0.3, -0.25) is 0 Å². The van der Waals surface area contributed by atoms with Gasteiger partial charge in [-0.15, -0.1) is 0 Å². The Labute approximate surface area is 104 Å². The lowest BCUT2D eigenvalue weighted by Gasteiger charge is -2.24. The van der Waals surface area contributed by atoms with Crippen LogP contribution < -0.4 is 4.90 Å². The molecular formula is C11H13ClN2O3. The highest BCUT2D eigenvalue weighted by atomic mass is 35.5.